The number of likely N-dealkylation sites (tertiary alicyclic amines) is 1. The number of esters is 1. The fraction of sp³-hybridized carbons (Fsp3) is 0.500. The highest BCUT2D eigenvalue weighted by molar-refractivity contribution is 5.75. The van der Waals surface area contributed by atoms with Crippen molar-refractivity contribution in [2.45, 2.75) is 26.1 Å². The van der Waals surface area contributed by atoms with E-state index in [9.17, 15) is 14.7 Å². The first-order valence-electron chi connectivity index (χ1n) is 7.40. The van der Waals surface area contributed by atoms with E-state index in [4.69, 9.17) is 9.47 Å². The number of hydrogen-bond donors (Lipinski definition) is 1. The minimum atomic E-state index is -0.743. The van der Waals surface area contributed by atoms with Gasteiger partial charge in [-0.2, -0.15) is 0 Å². The van der Waals surface area contributed by atoms with Crippen LogP contribution < -0.4 is 0 Å². The number of aliphatic hydroxyl groups excluding tert-OH is 1. The summed E-state index contributed by atoms with van der Waals surface area (Å²) in [6, 6.07) is 9.34. The number of amides is 1. The molecule has 1 saturated heterocycles. The van der Waals surface area contributed by atoms with E-state index in [1.54, 1.807) is 6.92 Å². The fourth-order valence-corrected chi connectivity index (χ4v) is 2.46. The monoisotopic (exact) mass is 307 g/mol. The van der Waals surface area contributed by atoms with Gasteiger partial charge in [-0.3, -0.25) is 4.79 Å². The van der Waals surface area contributed by atoms with Gasteiger partial charge in [-0.25, -0.2) is 4.79 Å². The third-order valence-corrected chi connectivity index (χ3v) is 3.51. The first-order chi connectivity index (χ1) is 10.6. The van der Waals surface area contributed by atoms with Gasteiger partial charge in [0.25, 0.3) is 0 Å². The molecule has 0 saturated carbocycles. The lowest BCUT2D eigenvalue weighted by Crippen LogP contribution is -2.48. The number of nitrogens with zero attached hydrogens (tertiary/aromatic N) is 1. The van der Waals surface area contributed by atoms with Crippen LogP contribution in [0.5, 0.6) is 0 Å². The van der Waals surface area contributed by atoms with Crippen LogP contribution in [0.4, 0.5) is 4.79 Å². The summed E-state index contributed by atoms with van der Waals surface area (Å²) in [7, 11) is 0. The highest BCUT2D eigenvalue weighted by Gasteiger charge is 2.34. The number of β-amino-alcohol motifs (C(OH)–C–C–N with tert-alkyl or cyclic N) is 1. The second-order valence-electron chi connectivity index (χ2n) is 5.28. The van der Waals surface area contributed by atoms with Crippen molar-refractivity contribution in [2.75, 3.05) is 19.7 Å². The number of benzene rings is 1. The van der Waals surface area contributed by atoms with Gasteiger partial charge < -0.3 is 19.5 Å². The molecule has 1 N–H and O–H groups in total. The molecule has 120 valence electrons. The van der Waals surface area contributed by atoms with Gasteiger partial charge in [0.1, 0.15) is 6.61 Å². The second kappa shape index (κ2) is 7.79. The van der Waals surface area contributed by atoms with Gasteiger partial charge in [-0.1, -0.05) is 30.3 Å². The molecule has 0 aliphatic carbocycles. The molecule has 22 heavy (non-hydrogen) atoms. The van der Waals surface area contributed by atoms with Gasteiger partial charge in [0.15, 0.2) is 0 Å². The maximum atomic E-state index is 12.1. The topological polar surface area (TPSA) is 76.1 Å². The molecule has 1 aliphatic heterocycles. The third kappa shape index (κ3) is 4.46. The fourth-order valence-electron chi connectivity index (χ4n) is 2.46. The van der Waals surface area contributed by atoms with Gasteiger partial charge in [0, 0.05) is 13.1 Å². The van der Waals surface area contributed by atoms with Crippen LogP contribution in [-0.2, 0) is 20.9 Å². The highest BCUT2D eigenvalue weighted by atomic mass is 16.6. The maximum Gasteiger partial charge on any atom is 0.410 e. The van der Waals surface area contributed by atoms with Crippen molar-refractivity contribution in [1.82, 2.24) is 4.90 Å². The summed E-state index contributed by atoms with van der Waals surface area (Å²) in [5.41, 5.74) is 0.885. The van der Waals surface area contributed by atoms with Crippen molar-refractivity contribution in [3.05, 3.63) is 35.9 Å². The Morgan fingerprint density at radius 2 is 1.95 bits per heavy atom. The van der Waals surface area contributed by atoms with E-state index >= 15 is 0 Å². The van der Waals surface area contributed by atoms with Crippen LogP contribution in [0.3, 0.4) is 0 Å². The van der Waals surface area contributed by atoms with Crippen LogP contribution in [0.2, 0.25) is 0 Å². The van der Waals surface area contributed by atoms with Gasteiger partial charge in [-0.15, -0.1) is 0 Å². The molecule has 0 spiro atoms. The van der Waals surface area contributed by atoms with Crippen LogP contribution in [0.1, 0.15) is 18.9 Å². The standard InChI is InChI=1S/C16H21NO5/c1-2-21-15(19)13-8-14(18)10-17(9-13)16(20)22-11-12-6-4-3-5-7-12/h3-7,13-14,18H,2,8-11H2,1H3. The van der Waals surface area contributed by atoms with E-state index in [1.165, 1.54) is 4.90 Å². The minimum absolute atomic E-state index is 0.163. The summed E-state index contributed by atoms with van der Waals surface area (Å²) in [5, 5.41) is 9.84. The van der Waals surface area contributed by atoms with Crippen molar-refractivity contribution in [2.24, 2.45) is 5.92 Å². The molecule has 1 aromatic rings. The van der Waals surface area contributed by atoms with Gasteiger partial charge in [0.2, 0.25) is 0 Å². The number of carbonyl (C=O) groups is 2. The number of hydrogen-bond acceptors (Lipinski definition) is 5. The minimum Gasteiger partial charge on any atom is -0.466 e. The molecule has 6 heteroatoms. The Morgan fingerprint density at radius 1 is 1.23 bits per heavy atom. The number of rotatable bonds is 4. The van der Waals surface area contributed by atoms with Crippen LogP contribution in [0.15, 0.2) is 30.3 Å². The normalized spacial score (nSPS) is 21.3. The predicted molar refractivity (Wildman–Crippen MR) is 78.9 cm³/mol. The zero-order valence-electron chi connectivity index (χ0n) is 12.6. The van der Waals surface area contributed by atoms with E-state index in [0.717, 1.165) is 5.56 Å². The molecule has 1 amide bonds. The molecule has 1 heterocycles. The van der Waals surface area contributed by atoms with Gasteiger partial charge >= 0.3 is 12.1 Å². The Kier molecular flexibility index (Phi) is 5.77. The van der Waals surface area contributed by atoms with Crippen LogP contribution in [0, 0.1) is 5.92 Å². The molecule has 2 rings (SSSR count). The Balaban J connectivity index is 1.89. The van der Waals surface area contributed by atoms with E-state index in [2.05, 4.69) is 0 Å². The van der Waals surface area contributed by atoms with Crippen LogP contribution in [0.25, 0.3) is 0 Å². The summed E-state index contributed by atoms with van der Waals surface area (Å²) in [6.07, 6.45) is -0.967. The third-order valence-electron chi connectivity index (χ3n) is 3.51. The van der Waals surface area contributed by atoms with Crippen LogP contribution >= 0.6 is 0 Å². The lowest BCUT2D eigenvalue weighted by Gasteiger charge is -2.33. The van der Waals surface area contributed by atoms with Crippen LogP contribution in [-0.4, -0.2) is 47.9 Å². The van der Waals surface area contributed by atoms with E-state index in [-0.39, 0.29) is 32.3 Å². The Hall–Kier alpha value is -2.08. The van der Waals surface area contributed by atoms with Gasteiger partial charge in [-0.05, 0) is 18.9 Å². The molecule has 2 unspecified atom stereocenters. The second-order valence-corrected chi connectivity index (χ2v) is 5.28. The summed E-state index contributed by atoms with van der Waals surface area (Å²) in [6.45, 7) is 2.55. The lowest BCUT2D eigenvalue weighted by atomic mass is 9.96. The molecule has 2 atom stereocenters. The molecule has 6 nitrogen and oxygen atoms in total. The number of carbonyl (C=O) groups excluding carboxylic acids is 2. The van der Waals surface area contributed by atoms with Gasteiger partial charge in [0.05, 0.1) is 18.6 Å². The summed E-state index contributed by atoms with van der Waals surface area (Å²) in [5.74, 6) is -0.893. The number of ether oxygens (including phenoxy) is 2. The zero-order chi connectivity index (χ0) is 15.9. The zero-order valence-corrected chi connectivity index (χ0v) is 12.6. The van der Waals surface area contributed by atoms with E-state index in [0.29, 0.717) is 6.42 Å². The Morgan fingerprint density at radius 3 is 2.64 bits per heavy atom. The highest BCUT2D eigenvalue weighted by Crippen LogP contribution is 2.19. The van der Waals surface area contributed by atoms with E-state index < -0.39 is 18.1 Å². The first kappa shape index (κ1) is 16.3. The quantitative estimate of drug-likeness (QED) is 0.855. The molecule has 1 aliphatic rings. The van der Waals surface area contributed by atoms with Crippen molar-refractivity contribution in [1.29, 1.82) is 0 Å². The molecular weight excluding hydrogens is 286 g/mol. The average molecular weight is 307 g/mol. The van der Waals surface area contributed by atoms with Crippen molar-refractivity contribution in [3.63, 3.8) is 0 Å². The Labute approximate surface area is 129 Å². The molecule has 0 bridgehead atoms. The molecule has 0 aromatic heterocycles. The first-order valence-corrected chi connectivity index (χ1v) is 7.40. The number of piperidine rings is 1. The average Bonchev–Trinajstić information content (AvgIpc) is 2.53. The summed E-state index contributed by atoms with van der Waals surface area (Å²) >= 11 is 0. The van der Waals surface area contributed by atoms with Crippen molar-refractivity contribution in [3.8, 4) is 0 Å². The molecule has 1 aromatic carbocycles. The number of aliphatic hydroxyl groups is 1. The van der Waals surface area contributed by atoms with E-state index in [1.807, 2.05) is 30.3 Å². The predicted octanol–water partition coefficient (Wildman–Crippen LogP) is 1.57. The van der Waals surface area contributed by atoms with Crippen molar-refractivity contribution < 1.29 is 24.2 Å². The summed E-state index contributed by atoms with van der Waals surface area (Å²) < 4.78 is 10.2. The SMILES string of the molecule is CCOC(=O)C1CC(O)CN(C(=O)OCc2ccccc2)C1. The smallest absolute Gasteiger partial charge is 0.410 e. The lowest BCUT2D eigenvalue weighted by molar-refractivity contribution is -0.151. The summed E-state index contributed by atoms with van der Waals surface area (Å²) in [4.78, 5) is 25.2. The molecular formula is C16H21NO5. The Bertz CT molecular complexity index is 505. The largest absolute Gasteiger partial charge is 0.466 e. The molecule has 1 fully saturated rings. The maximum absolute atomic E-state index is 12.1. The van der Waals surface area contributed by atoms with Crippen molar-refractivity contribution >= 4 is 12.1 Å². The molecule has 0 radical (unpaired) electrons.